The van der Waals surface area contributed by atoms with E-state index in [9.17, 15) is 14.4 Å². The van der Waals surface area contributed by atoms with Gasteiger partial charge in [-0.05, 0) is 84.4 Å². The van der Waals surface area contributed by atoms with E-state index in [0.717, 1.165) is 25.7 Å². The summed E-state index contributed by atoms with van der Waals surface area (Å²) in [5, 5.41) is 0. The number of fused-ring (bicyclic) bond motifs is 5. The van der Waals surface area contributed by atoms with Gasteiger partial charge in [-0.3, -0.25) is 14.4 Å². The summed E-state index contributed by atoms with van der Waals surface area (Å²) in [4.78, 5) is 38.4. The minimum atomic E-state index is -0.620. The fourth-order valence-corrected chi connectivity index (χ4v) is 10.6. The highest BCUT2D eigenvalue weighted by Gasteiger charge is 2.65. The molecule has 0 aromatic heterocycles. The number of ether oxygens (including phenoxy) is 4. The minimum Gasteiger partial charge on any atom is -0.465 e. The van der Waals surface area contributed by atoms with Crippen molar-refractivity contribution in [3.8, 4) is 0 Å². The van der Waals surface area contributed by atoms with Crippen LogP contribution in [0, 0.1) is 58.2 Å². The number of esters is 3. The van der Waals surface area contributed by atoms with Gasteiger partial charge in [0, 0.05) is 19.3 Å². The standard InChI is InChI=1S/C35H56O7/c1-9-21(19(4)5)32-31(42-32)20(6)23-12-13-24-22-18-39-33(38)26-16-27(40-29(36)10-2)28(41-30(37)11-3)17-35(26,8)25(22)14-15-34(23,24)7/h19-28,31-32H,9-18H2,1-8H3. The van der Waals surface area contributed by atoms with Crippen LogP contribution in [0.15, 0.2) is 0 Å². The van der Waals surface area contributed by atoms with Crippen molar-refractivity contribution in [1.29, 1.82) is 0 Å². The van der Waals surface area contributed by atoms with Crippen LogP contribution in [0.2, 0.25) is 0 Å². The molecule has 5 rings (SSSR count). The number of carbonyl (C=O) groups is 3. The molecule has 0 aromatic rings. The van der Waals surface area contributed by atoms with Crippen molar-refractivity contribution in [1.82, 2.24) is 0 Å². The lowest BCUT2D eigenvalue weighted by atomic mass is 9.48. The maximum Gasteiger partial charge on any atom is 0.309 e. The van der Waals surface area contributed by atoms with E-state index in [1.807, 2.05) is 0 Å². The quantitative estimate of drug-likeness (QED) is 0.167. The first-order valence-electron chi connectivity index (χ1n) is 17.1. The second kappa shape index (κ2) is 12.0. The van der Waals surface area contributed by atoms with Crippen molar-refractivity contribution in [2.45, 2.75) is 138 Å². The molecule has 3 aliphatic carbocycles. The second-order valence-corrected chi connectivity index (χ2v) is 15.2. The maximum atomic E-state index is 13.6. The predicted molar refractivity (Wildman–Crippen MR) is 159 cm³/mol. The van der Waals surface area contributed by atoms with E-state index in [0.29, 0.717) is 67.2 Å². The van der Waals surface area contributed by atoms with Crippen molar-refractivity contribution < 1.29 is 33.3 Å². The molecule has 238 valence electrons. The van der Waals surface area contributed by atoms with Gasteiger partial charge in [-0.25, -0.2) is 0 Å². The fraction of sp³-hybridized carbons (Fsp3) is 0.914. The summed E-state index contributed by atoms with van der Waals surface area (Å²) in [5.41, 5.74) is -0.186. The Morgan fingerprint density at radius 2 is 1.55 bits per heavy atom. The number of epoxide rings is 1. The van der Waals surface area contributed by atoms with E-state index < -0.39 is 12.2 Å². The van der Waals surface area contributed by atoms with Crippen LogP contribution in [-0.2, 0) is 33.3 Å². The molecule has 7 nitrogen and oxygen atoms in total. The zero-order chi connectivity index (χ0) is 30.6. The molecule has 13 atom stereocenters. The van der Waals surface area contributed by atoms with Gasteiger partial charge in [0.1, 0.15) is 12.2 Å². The lowest BCUT2D eigenvalue weighted by Crippen LogP contribution is -2.56. The van der Waals surface area contributed by atoms with Gasteiger partial charge < -0.3 is 18.9 Å². The minimum absolute atomic E-state index is 0.178. The van der Waals surface area contributed by atoms with Gasteiger partial charge in [0.2, 0.25) is 0 Å². The Labute approximate surface area is 253 Å². The average Bonchev–Trinajstić information content (AvgIpc) is 3.66. The molecular weight excluding hydrogens is 532 g/mol. The lowest BCUT2D eigenvalue weighted by Gasteiger charge is -2.56. The van der Waals surface area contributed by atoms with Crippen LogP contribution < -0.4 is 0 Å². The van der Waals surface area contributed by atoms with Crippen molar-refractivity contribution in [3.05, 3.63) is 0 Å². The summed E-state index contributed by atoms with van der Waals surface area (Å²) in [7, 11) is 0. The Hall–Kier alpha value is -1.63. The van der Waals surface area contributed by atoms with Crippen molar-refractivity contribution in [2.24, 2.45) is 58.2 Å². The Bertz CT molecular complexity index is 1020. The topological polar surface area (TPSA) is 91.4 Å². The first-order chi connectivity index (χ1) is 19.9. The van der Waals surface area contributed by atoms with Gasteiger partial charge in [0.15, 0.2) is 0 Å². The van der Waals surface area contributed by atoms with E-state index in [2.05, 4.69) is 41.5 Å². The van der Waals surface area contributed by atoms with Crippen LogP contribution in [0.1, 0.15) is 113 Å². The molecule has 42 heavy (non-hydrogen) atoms. The van der Waals surface area contributed by atoms with E-state index in [-0.39, 0.29) is 53.4 Å². The van der Waals surface area contributed by atoms with Crippen molar-refractivity contribution in [2.75, 3.05) is 6.61 Å². The molecule has 13 unspecified atom stereocenters. The fourth-order valence-electron chi connectivity index (χ4n) is 10.6. The summed E-state index contributed by atoms with van der Waals surface area (Å²) >= 11 is 0. The highest BCUT2D eigenvalue weighted by molar-refractivity contribution is 5.75. The second-order valence-electron chi connectivity index (χ2n) is 15.2. The van der Waals surface area contributed by atoms with E-state index in [1.54, 1.807) is 13.8 Å². The Kier molecular flexibility index (Phi) is 9.12. The van der Waals surface area contributed by atoms with Gasteiger partial charge in [-0.1, -0.05) is 61.8 Å². The van der Waals surface area contributed by atoms with E-state index >= 15 is 0 Å². The zero-order valence-corrected chi connectivity index (χ0v) is 27.4. The summed E-state index contributed by atoms with van der Waals surface area (Å²) in [6.45, 7) is 18.1. The molecule has 0 bridgehead atoms. The zero-order valence-electron chi connectivity index (χ0n) is 27.4. The molecule has 0 N–H and O–H groups in total. The molecular formula is C35H56O7. The Balaban J connectivity index is 1.38. The molecule has 2 saturated heterocycles. The number of cyclic esters (lactones) is 1. The molecule has 2 heterocycles. The summed E-state index contributed by atoms with van der Waals surface area (Å²) in [6, 6.07) is 0. The van der Waals surface area contributed by atoms with Crippen LogP contribution >= 0.6 is 0 Å². The first-order valence-corrected chi connectivity index (χ1v) is 17.1. The molecule has 0 radical (unpaired) electrons. The van der Waals surface area contributed by atoms with Crippen molar-refractivity contribution >= 4 is 17.9 Å². The molecule has 3 saturated carbocycles. The Morgan fingerprint density at radius 1 is 0.905 bits per heavy atom. The number of rotatable bonds is 9. The average molecular weight is 589 g/mol. The van der Waals surface area contributed by atoms with Crippen LogP contribution in [0.3, 0.4) is 0 Å². The summed E-state index contributed by atoms with van der Waals surface area (Å²) < 4.78 is 24.2. The highest BCUT2D eigenvalue weighted by atomic mass is 16.6. The van der Waals surface area contributed by atoms with Crippen LogP contribution in [-0.4, -0.2) is 48.9 Å². The summed E-state index contributed by atoms with van der Waals surface area (Å²) in [6.07, 6.45) is 6.68. The third kappa shape index (κ3) is 5.43. The van der Waals surface area contributed by atoms with Gasteiger partial charge >= 0.3 is 17.9 Å². The molecule has 0 amide bonds. The van der Waals surface area contributed by atoms with Crippen molar-refractivity contribution in [3.63, 3.8) is 0 Å². The number of hydrogen-bond donors (Lipinski definition) is 0. The molecule has 2 aliphatic heterocycles. The maximum absolute atomic E-state index is 13.6. The van der Waals surface area contributed by atoms with Crippen LogP contribution in [0.4, 0.5) is 0 Å². The van der Waals surface area contributed by atoms with Crippen LogP contribution in [0.25, 0.3) is 0 Å². The van der Waals surface area contributed by atoms with E-state index in [4.69, 9.17) is 18.9 Å². The Morgan fingerprint density at radius 3 is 2.17 bits per heavy atom. The van der Waals surface area contributed by atoms with Crippen LogP contribution in [0.5, 0.6) is 0 Å². The van der Waals surface area contributed by atoms with Gasteiger partial charge in [0.25, 0.3) is 0 Å². The number of hydrogen-bond acceptors (Lipinski definition) is 7. The molecule has 5 aliphatic rings. The largest absolute Gasteiger partial charge is 0.465 e. The number of carbonyl (C=O) groups excluding carboxylic acids is 3. The van der Waals surface area contributed by atoms with E-state index in [1.165, 1.54) is 6.42 Å². The smallest absolute Gasteiger partial charge is 0.309 e. The third-order valence-corrected chi connectivity index (χ3v) is 13.0. The molecule has 7 heteroatoms. The SMILES string of the molecule is CCC(=O)OC1CC2C(=O)OCC3C(CCC4(C)C(C(C)C5OC5C(CC)C(C)C)CCC34)C2(C)CC1OC(=O)CC. The highest BCUT2D eigenvalue weighted by Crippen LogP contribution is 2.67. The molecule has 0 aromatic carbocycles. The van der Waals surface area contributed by atoms with Gasteiger partial charge in [0.05, 0.1) is 24.7 Å². The molecule has 5 fully saturated rings. The predicted octanol–water partition coefficient (Wildman–Crippen LogP) is 6.75. The molecule has 0 spiro atoms. The van der Waals surface area contributed by atoms with Gasteiger partial charge in [-0.2, -0.15) is 0 Å². The third-order valence-electron chi connectivity index (χ3n) is 13.0. The normalized spacial score (nSPS) is 44.1. The summed E-state index contributed by atoms with van der Waals surface area (Å²) in [5.74, 6) is 2.27. The first kappa shape index (κ1) is 31.8. The lowest BCUT2D eigenvalue weighted by molar-refractivity contribution is -0.190. The van der Waals surface area contributed by atoms with Gasteiger partial charge in [-0.15, -0.1) is 0 Å². The monoisotopic (exact) mass is 588 g/mol.